The molecule has 2 aliphatic heterocycles. The van der Waals surface area contributed by atoms with E-state index in [0.717, 1.165) is 52.2 Å². The average molecular weight is 346 g/mol. The van der Waals surface area contributed by atoms with Crippen LogP contribution in [0.5, 0.6) is 0 Å². The van der Waals surface area contributed by atoms with Gasteiger partial charge in [-0.2, -0.15) is 0 Å². The van der Waals surface area contributed by atoms with Crippen LogP contribution in [0, 0.1) is 5.41 Å². The van der Waals surface area contributed by atoms with E-state index in [1.54, 1.807) is 7.11 Å². The highest BCUT2D eigenvalue weighted by Gasteiger charge is 2.41. The summed E-state index contributed by atoms with van der Waals surface area (Å²) >= 11 is 0. The third-order valence-corrected chi connectivity index (χ3v) is 5.39. The molecule has 2 heterocycles. The molecule has 1 aromatic rings. The van der Waals surface area contributed by atoms with Crippen molar-refractivity contribution in [2.75, 3.05) is 59.7 Å². The van der Waals surface area contributed by atoms with Gasteiger partial charge in [-0.25, -0.2) is 0 Å². The van der Waals surface area contributed by atoms with Crippen LogP contribution in [0.15, 0.2) is 30.3 Å². The van der Waals surface area contributed by atoms with Crippen molar-refractivity contribution in [3.05, 3.63) is 35.9 Å². The Kier molecular flexibility index (Phi) is 6.45. The van der Waals surface area contributed by atoms with E-state index in [1.807, 2.05) is 23.1 Å². The van der Waals surface area contributed by atoms with Crippen molar-refractivity contribution in [3.63, 3.8) is 0 Å². The van der Waals surface area contributed by atoms with Gasteiger partial charge in [0.1, 0.15) is 0 Å². The summed E-state index contributed by atoms with van der Waals surface area (Å²) in [5, 5.41) is 0. The summed E-state index contributed by atoms with van der Waals surface area (Å²) in [4.78, 5) is 17.2. The van der Waals surface area contributed by atoms with E-state index in [1.165, 1.54) is 5.56 Å². The Morgan fingerprint density at radius 3 is 2.88 bits per heavy atom. The Bertz CT molecular complexity index is 551. The van der Waals surface area contributed by atoms with Crippen molar-refractivity contribution in [3.8, 4) is 0 Å². The molecule has 1 atom stereocenters. The predicted octanol–water partition coefficient (Wildman–Crippen LogP) is 1.82. The molecule has 5 heteroatoms. The van der Waals surface area contributed by atoms with Crippen LogP contribution in [-0.2, 0) is 20.7 Å². The molecule has 0 N–H and O–H groups in total. The molecule has 1 aromatic carbocycles. The number of hydrogen-bond donors (Lipinski definition) is 0. The van der Waals surface area contributed by atoms with E-state index in [2.05, 4.69) is 17.0 Å². The lowest BCUT2D eigenvalue weighted by atomic mass is 9.87. The number of amides is 1. The van der Waals surface area contributed by atoms with Gasteiger partial charge in [-0.3, -0.25) is 4.79 Å². The molecule has 1 spiro atoms. The van der Waals surface area contributed by atoms with Gasteiger partial charge in [0.05, 0.1) is 19.8 Å². The van der Waals surface area contributed by atoms with Crippen molar-refractivity contribution in [1.29, 1.82) is 0 Å². The monoisotopic (exact) mass is 346 g/mol. The Balaban J connectivity index is 1.55. The van der Waals surface area contributed by atoms with Crippen LogP contribution in [0.3, 0.4) is 0 Å². The van der Waals surface area contributed by atoms with Crippen LogP contribution in [0.25, 0.3) is 0 Å². The lowest BCUT2D eigenvalue weighted by Gasteiger charge is -2.32. The molecule has 2 fully saturated rings. The van der Waals surface area contributed by atoms with Crippen LogP contribution in [-0.4, -0.2) is 75.4 Å². The van der Waals surface area contributed by atoms with Crippen molar-refractivity contribution >= 4 is 5.91 Å². The number of ether oxygens (including phenoxy) is 2. The number of carbonyl (C=O) groups is 1. The van der Waals surface area contributed by atoms with E-state index in [-0.39, 0.29) is 11.3 Å². The molecule has 138 valence electrons. The zero-order valence-electron chi connectivity index (χ0n) is 15.3. The molecule has 0 aliphatic carbocycles. The van der Waals surface area contributed by atoms with Crippen LogP contribution in [0.1, 0.15) is 18.4 Å². The molecule has 0 bridgehead atoms. The van der Waals surface area contributed by atoms with Crippen molar-refractivity contribution in [1.82, 2.24) is 9.80 Å². The molecule has 0 aromatic heterocycles. The maximum Gasteiger partial charge on any atom is 0.223 e. The maximum absolute atomic E-state index is 12.8. The van der Waals surface area contributed by atoms with E-state index in [4.69, 9.17) is 9.47 Å². The van der Waals surface area contributed by atoms with Crippen LogP contribution < -0.4 is 0 Å². The lowest BCUT2D eigenvalue weighted by Crippen LogP contribution is -2.43. The second-order valence-electron chi connectivity index (χ2n) is 7.37. The number of hydrogen-bond acceptors (Lipinski definition) is 4. The number of rotatable bonds is 6. The maximum atomic E-state index is 12.8. The minimum atomic E-state index is 0.0899. The molecule has 2 aliphatic rings. The Labute approximate surface area is 150 Å². The topological polar surface area (TPSA) is 42.0 Å². The Morgan fingerprint density at radius 1 is 1.24 bits per heavy atom. The molecular formula is C20H30N2O3. The normalized spacial score (nSPS) is 24.6. The van der Waals surface area contributed by atoms with Gasteiger partial charge in [-0.15, -0.1) is 0 Å². The van der Waals surface area contributed by atoms with E-state index in [9.17, 15) is 4.79 Å². The van der Waals surface area contributed by atoms with Crippen LogP contribution in [0.2, 0.25) is 0 Å². The fourth-order valence-electron chi connectivity index (χ4n) is 3.95. The molecular weight excluding hydrogens is 316 g/mol. The minimum absolute atomic E-state index is 0.0899. The molecule has 2 saturated heterocycles. The van der Waals surface area contributed by atoms with Gasteiger partial charge in [-0.05, 0) is 24.9 Å². The standard InChI is InChI=1S/C20H30N2O3/c1-24-13-11-21-10-9-20(15-21)16-22(12-14-25-17-20)19(23)8-7-18-5-3-2-4-6-18/h2-6H,7-17H2,1H3. The molecule has 3 rings (SSSR count). The zero-order valence-corrected chi connectivity index (χ0v) is 15.3. The van der Waals surface area contributed by atoms with E-state index < -0.39 is 0 Å². The van der Waals surface area contributed by atoms with Crippen molar-refractivity contribution < 1.29 is 14.3 Å². The minimum Gasteiger partial charge on any atom is -0.383 e. The van der Waals surface area contributed by atoms with Gasteiger partial charge >= 0.3 is 0 Å². The SMILES string of the molecule is COCCN1CCC2(COCCN(C(=O)CCc3ccccc3)C2)C1. The predicted molar refractivity (Wildman–Crippen MR) is 97.5 cm³/mol. The highest BCUT2D eigenvalue weighted by atomic mass is 16.5. The summed E-state index contributed by atoms with van der Waals surface area (Å²) < 4.78 is 11.1. The van der Waals surface area contributed by atoms with Gasteiger partial charge in [0.15, 0.2) is 0 Å². The van der Waals surface area contributed by atoms with Crippen molar-refractivity contribution in [2.45, 2.75) is 19.3 Å². The number of methoxy groups -OCH3 is 1. The first-order valence-electron chi connectivity index (χ1n) is 9.32. The fraction of sp³-hybridized carbons (Fsp3) is 0.650. The quantitative estimate of drug-likeness (QED) is 0.788. The summed E-state index contributed by atoms with van der Waals surface area (Å²) in [6.07, 6.45) is 2.48. The van der Waals surface area contributed by atoms with Gasteiger partial charge in [-0.1, -0.05) is 30.3 Å². The summed E-state index contributed by atoms with van der Waals surface area (Å²) in [5.74, 6) is 0.254. The van der Waals surface area contributed by atoms with E-state index in [0.29, 0.717) is 19.6 Å². The molecule has 0 radical (unpaired) electrons. The molecule has 0 saturated carbocycles. The zero-order chi connectivity index (χ0) is 17.5. The number of nitrogens with zero attached hydrogens (tertiary/aromatic N) is 2. The van der Waals surface area contributed by atoms with Gasteiger partial charge in [0, 0.05) is 45.1 Å². The second kappa shape index (κ2) is 8.79. The highest BCUT2D eigenvalue weighted by molar-refractivity contribution is 5.76. The van der Waals surface area contributed by atoms with E-state index >= 15 is 0 Å². The first kappa shape index (κ1) is 18.4. The second-order valence-corrected chi connectivity index (χ2v) is 7.37. The average Bonchev–Trinajstić information content (AvgIpc) is 2.91. The first-order valence-corrected chi connectivity index (χ1v) is 9.32. The Morgan fingerprint density at radius 2 is 2.08 bits per heavy atom. The van der Waals surface area contributed by atoms with Gasteiger partial charge in [0.2, 0.25) is 5.91 Å². The number of carbonyl (C=O) groups excluding carboxylic acids is 1. The van der Waals surface area contributed by atoms with Crippen LogP contribution in [0.4, 0.5) is 0 Å². The fourth-order valence-corrected chi connectivity index (χ4v) is 3.95. The molecule has 25 heavy (non-hydrogen) atoms. The number of aryl methyl sites for hydroxylation is 1. The largest absolute Gasteiger partial charge is 0.383 e. The third-order valence-electron chi connectivity index (χ3n) is 5.39. The molecule has 5 nitrogen and oxygen atoms in total. The van der Waals surface area contributed by atoms with Crippen molar-refractivity contribution in [2.24, 2.45) is 5.41 Å². The smallest absolute Gasteiger partial charge is 0.223 e. The third kappa shape index (κ3) is 5.03. The highest BCUT2D eigenvalue weighted by Crippen LogP contribution is 2.33. The summed E-state index contributed by atoms with van der Waals surface area (Å²) in [6, 6.07) is 10.2. The summed E-state index contributed by atoms with van der Waals surface area (Å²) in [5.41, 5.74) is 1.32. The Hall–Kier alpha value is -1.43. The summed E-state index contributed by atoms with van der Waals surface area (Å²) in [7, 11) is 1.74. The molecule has 1 amide bonds. The van der Waals surface area contributed by atoms with Crippen LogP contribution >= 0.6 is 0 Å². The van der Waals surface area contributed by atoms with Gasteiger partial charge < -0.3 is 19.3 Å². The first-order chi connectivity index (χ1) is 12.2. The number of likely N-dealkylation sites (tertiary alicyclic amines) is 1. The molecule has 1 unspecified atom stereocenters. The summed E-state index contributed by atoms with van der Waals surface area (Å²) in [6.45, 7) is 6.74. The lowest BCUT2D eigenvalue weighted by molar-refractivity contribution is -0.132. The van der Waals surface area contributed by atoms with Gasteiger partial charge in [0.25, 0.3) is 0 Å². The number of benzene rings is 1.